The Hall–Kier alpha value is -2.08. The summed E-state index contributed by atoms with van der Waals surface area (Å²) < 4.78 is 11.7. The van der Waals surface area contributed by atoms with Crippen LogP contribution in [0, 0.1) is 12.0 Å². The zero-order valence-electron chi connectivity index (χ0n) is 10.7. The normalized spacial score (nSPS) is 28.8. The van der Waals surface area contributed by atoms with E-state index in [0.717, 1.165) is 10.6 Å². The summed E-state index contributed by atoms with van der Waals surface area (Å²) in [6.07, 6.45) is 1.45. The molecule has 1 fully saturated rings. The van der Waals surface area contributed by atoms with Gasteiger partial charge in [0.1, 0.15) is 12.2 Å². The van der Waals surface area contributed by atoms with Gasteiger partial charge in [0.15, 0.2) is 0 Å². The monoisotopic (exact) mass is 282 g/mol. The summed E-state index contributed by atoms with van der Waals surface area (Å²) in [5, 5.41) is 19.0. The van der Waals surface area contributed by atoms with E-state index in [1.165, 1.54) is 13.1 Å². The summed E-state index contributed by atoms with van der Waals surface area (Å²) in [5.74, 6) is 0.801. The lowest BCUT2D eigenvalue weighted by atomic mass is 10.1. The SMILES string of the molecule is CC#CO[C@]1(n2ccc(=O)[nH]c2=O)C[C@H](O)[C@@H](CO)O1. The van der Waals surface area contributed by atoms with E-state index in [-0.39, 0.29) is 6.42 Å². The quantitative estimate of drug-likeness (QED) is 0.569. The Morgan fingerprint density at radius 3 is 2.95 bits per heavy atom. The maximum absolute atomic E-state index is 11.9. The largest absolute Gasteiger partial charge is 0.394 e. The first kappa shape index (κ1) is 14.3. The van der Waals surface area contributed by atoms with Crippen LogP contribution in [0.15, 0.2) is 21.9 Å². The molecule has 0 amide bonds. The van der Waals surface area contributed by atoms with E-state index in [0.29, 0.717) is 0 Å². The van der Waals surface area contributed by atoms with Crippen molar-refractivity contribution in [2.45, 2.75) is 31.5 Å². The van der Waals surface area contributed by atoms with Gasteiger partial charge in [-0.25, -0.2) is 9.36 Å². The van der Waals surface area contributed by atoms with E-state index in [1.54, 1.807) is 0 Å². The second kappa shape index (κ2) is 5.50. The lowest BCUT2D eigenvalue weighted by Crippen LogP contribution is -2.45. The number of rotatable bonds is 3. The van der Waals surface area contributed by atoms with Crippen LogP contribution in [-0.2, 0) is 15.4 Å². The molecule has 0 aromatic carbocycles. The number of nitrogens with zero attached hydrogens (tertiary/aromatic N) is 1. The smallest absolute Gasteiger partial charge is 0.333 e. The van der Waals surface area contributed by atoms with E-state index in [4.69, 9.17) is 14.6 Å². The lowest BCUT2D eigenvalue weighted by molar-refractivity contribution is -0.255. The molecule has 0 unspecified atom stereocenters. The molecule has 3 N–H and O–H groups in total. The molecule has 2 heterocycles. The summed E-state index contributed by atoms with van der Waals surface area (Å²) in [7, 11) is 0. The van der Waals surface area contributed by atoms with Crippen LogP contribution in [0.4, 0.5) is 0 Å². The fourth-order valence-corrected chi connectivity index (χ4v) is 2.00. The van der Waals surface area contributed by atoms with Gasteiger partial charge < -0.3 is 19.7 Å². The number of nitrogens with one attached hydrogen (secondary N) is 1. The summed E-state index contributed by atoms with van der Waals surface area (Å²) in [6, 6.07) is 1.12. The van der Waals surface area contributed by atoms with Gasteiger partial charge in [0.25, 0.3) is 5.56 Å². The van der Waals surface area contributed by atoms with Crippen LogP contribution in [0.1, 0.15) is 13.3 Å². The number of aliphatic hydroxyl groups excluding tert-OH is 2. The van der Waals surface area contributed by atoms with Gasteiger partial charge >= 0.3 is 11.6 Å². The van der Waals surface area contributed by atoms with Crippen LogP contribution < -0.4 is 11.2 Å². The van der Waals surface area contributed by atoms with Crippen molar-refractivity contribution in [2.24, 2.45) is 0 Å². The average Bonchev–Trinajstić information content (AvgIpc) is 2.73. The Balaban J connectivity index is 2.50. The maximum Gasteiger partial charge on any atom is 0.333 e. The highest BCUT2D eigenvalue weighted by molar-refractivity contribution is 4.95. The van der Waals surface area contributed by atoms with Crippen LogP contribution in [0.25, 0.3) is 0 Å². The minimum Gasteiger partial charge on any atom is -0.394 e. The Bertz CT molecular complexity index is 654. The van der Waals surface area contributed by atoms with E-state index >= 15 is 0 Å². The number of H-pyrrole nitrogens is 1. The molecule has 1 aliphatic heterocycles. The first-order chi connectivity index (χ1) is 9.52. The third-order valence-corrected chi connectivity index (χ3v) is 2.92. The molecule has 1 saturated heterocycles. The third kappa shape index (κ3) is 2.46. The minimum absolute atomic E-state index is 0.112. The lowest BCUT2D eigenvalue weighted by Gasteiger charge is -2.27. The molecule has 1 aromatic heterocycles. The highest BCUT2D eigenvalue weighted by Gasteiger charge is 2.50. The molecule has 2 rings (SSSR count). The molecule has 8 heteroatoms. The van der Waals surface area contributed by atoms with Crippen LogP contribution in [-0.4, -0.2) is 38.6 Å². The zero-order chi connectivity index (χ0) is 14.8. The van der Waals surface area contributed by atoms with Crippen molar-refractivity contribution in [3.63, 3.8) is 0 Å². The third-order valence-electron chi connectivity index (χ3n) is 2.92. The standard InChI is InChI=1S/C12H14N2O6/c1-2-5-19-12(6-8(16)9(7-15)20-12)14-4-3-10(17)13-11(14)18/h3-4,8-9,15-16H,6-7H2,1H3,(H,13,17,18)/t8-,9+,12+/m0/s1. The number of aromatic amines is 1. The topological polar surface area (TPSA) is 114 Å². The fourth-order valence-electron chi connectivity index (χ4n) is 2.00. The van der Waals surface area contributed by atoms with Crippen molar-refractivity contribution < 1.29 is 19.7 Å². The van der Waals surface area contributed by atoms with Crippen molar-refractivity contribution >= 4 is 0 Å². The zero-order valence-corrected chi connectivity index (χ0v) is 10.7. The van der Waals surface area contributed by atoms with Crippen molar-refractivity contribution in [2.75, 3.05) is 6.61 Å². The van der Waals surface area contributed by atoms with Crippen LogP contribution >= 0.6 is 0 Å². The van der Waals surface area contributed by atoms with Gasteiger partial charge in [-0.1, -0.05) is 5.92 Å². The van der Waals surface area contributed by atoms with Crippen molar-refractivity contribution in [1.29, 1.82) is 0 Å². The van der Waals surface area contributed by atoms with Gasteiger partial charge in [-0.15, -0.1) is 0 Å². The minimum atomic E-state index is -1.68. The molecular formula is C12H14N2O6. The molecule has 0 saturated carbocycles. The number of aromatic nitrogens is 2. The second-order valence-electron chi connectivity index (χ2n) is 4.26. The predicted octanol–water partition coefficient (Wildman–Crippen LogP) is -1.71. The maximum atomic E-state index is 11.9. The van der Waals surface area contributed by atoms with E-state index in [1.807, 2.05) is 0 Å². The Morgan fingerprint density at radius 1 is 1.65 bits per heavy atom. The van der Waals surface area contributed by atoms with E-state index < -0.39 is 36.0 Å². The molecule has 20 heavy (non-hydrogen) atoms. The van der Waals surface area contributed by atoms with Crippen molar-refractivity contribution in [3.8, 4) is 12.0 Å². The fraction of sp³-hybridized carbons (Fsp3) is 0.500. The van der Waals surface area contributed by atoms with Crippen molar-refractivity contribution in [1.82, 2.24) is 9.55 Å². The number of aliphatic hydroxyl groups is 2. The van der Waals surface area contributed by atoms with Crippen molar-refractivity contribution in [3.05, 3.63) is 33.1 Å². The van der Waals surface area contributed by atoms with Gasteiger partial charge in [0.05, 0.1) is 19.1 Å². The van der Waals surface area contributed by atoms with Gasteiger partial charge in [0, 0.05) is 19.2 Å². The molecular weight excluding hydrogens is 268 g/mol. The predicted molar refractivity (Wildman–Crippen MR) is 66.4 cm³/mol. The Labute approximate surface area is 113 Å². The summed E-state index contributed by atoms with van der Waals surface area (Å²) >= 11 is 0. The molecule has 1 aromatic rings. The Morgan fingerprint density at radius 2 is 2.40 bits per heavy atom. The van der Waals surface area contributed by atoms with E-state index in [9.17, 15) is 14.7 Å². The van der Waals surface area contributed by atoms with Crippen LogP contribution in [0.3, 0.4) is 0 Å². The number of ether oxygens (including phenoxy) is 2. The number of hydrogen-bond donors (Lipinski definition) is 3. The first-order valence-corrected chi connectivity index (χ1v) is 5.91. The highest BCUT2D eigenvalue weighted by atomic mass is 16.7. The summed E-state index contributed by atoms with van der Waals surface area (Å²) in [5.41, 5.74) is -1.33. The van der Waals surface area contributed by atoms with E-state index in [2.05, 4.69) is 17.0 Å². The molecule has 8 nitrogen and oxygen atoms in total. The first-order valence-electron chi connectivity index (χ1n) is 5.91. The van der Waals surface area contributed by atoms with Gasteiger partial charge in [0.2, 0.25) is 0 Å². The average molecular weight is 282 g/mol. The molecule has 108 valence electrons. The molecule has 0 spiro atoms. The summed E-state index contributed by atoms with van der Waals surface area (Å²) in [6.45, 7) is 1.09. The Kier molecular flexibility index (Phi) is 3.94. The van der Waals surface area contributed by atoms with Gasteiger partial charge in [-0.05, 0) is 0 Å². The molecule has 0 radical (unpaired) electrons. The molecule has 0 aliphatic carbocycles. The van der Waals surface area contributed by atoms with Gasteiger partial charge in [-0.2, -0.15) is 0 Å². The molecule has 0 bridgehead atoms. The second-order valence-corrected chi connectivity index (χ2v) is 4.26. The van der Waals surface area contributed by atoms with Crippen LogP contribution in [0.2, 0.25) is 0 Å². The molecule has 3 atom stereocenters. The highest BCUT2D eigenvalue weighted by Crippen LogP contribution is 2.34. The van der Waals surface area contributed by atoms with Gasteiger partial charge in [-0.3, -0.25) is 9.78 Å². The summed E-state index contributed by atoms with van der Waals surface area (Å²) in [4.78, 5) is 25.0. The number of hydrogen-bond acceptors (Lipinski definition) is 6. The van der Waals surface area contributed by atoms with Crippen LogP contribution in [0.5, 0.6) is 0 Å². The molecule has 1 aliphatic rings.